The number of hydrogen-bond acceptors (Lipinski definition) is 4. The number of carbonyl (C=O) groups is 1. The summed E-state index contributed by atoms with van der Waals surface area (Å²) >= 11 is 12.8. The van der Waals surface area contributed by atoms with Gasteiger partial charge in [-0.3, -0.25) is 4.79 Å². The number of methoxy groups -OCH3 is 2. The highest BCUT2D eigenvalue weighted by molar-refractivity contribution is 6.42. The van der Waals surface area contributed by atoms with Crippen molar-refractivity contribution in [2.75, 3.05) is 46.9 Å². The Labute approximate surface area is 254 Å². The summed E-state index contributed by atoms with van der Waals surface area (Å²) in [5, 5.41) is 1.12. The molecule has 0 spiro atoms. The highest BCUT2D eigenvalue weighted by atomic mass is 35.5. The van der Waals surface area contributed by atoms with E-state index >= 15 is 0 Å². The predicted molar refractivity (Wildman–Crippen MR) is 167 cm³/mol. The van der Waals surface area contributed by atoms with Gasteiger partial charge in [0, 0.05) is 24.6 Å². The minimum atomic E-state index is -0.190. The topological polar surface area (TPSA) is 42.0 Å². The Morgan fingerprint density at radius 1 is 0.927 bits per heavy atom. The minimum Gasteiger partial charge on any atom is -0.497 e. The molecule has 41 heavy (non-hydrogen) atoms. The van der Waals surface area contributed by atoms with Gasteiger partial charge in [-0.15, -0.1) is 0 Å². The average molecular weight is 596 g/mol. The summed E-state index contributed by atoms with van der Waals surface area (Å²) in [6.45, 7) is 4.66. The zero-order chi connectivity index (χ0) is 28.8. The molecule has 3 aromatic rings. The largest absolute Gasteiger partial charge is 0.497 e. The van der Waals surface area contributed by atoms with Crippen LogP contribution >= 0.6 is 23.2 Å². The summed E-state index contributed by atoms with van der Waals surface area (Å²) in [5.41, 5.74) is 2.99. The zero-order valence-electron chi connectivity index (χ0n) is 24.1. The Morgan fingerprint density at radius 3 is 2.41 bits per heavy atom. The quantitative estimate of drug-likeness (QED) is 0.253. The molecule has 5 rings (SSSR count). The molecule has 1 atom stereocenters. The maximum atomic E-state index is 13.8. The van der Waals surface area contributed by atoms with Gasteiger partial charge >= 0.3 is 0 Å². The van der Waals surface area contributed by atoms with Crippen LogP contribution in [0.2, 0.25) is 10.0 Å². The van der Waals surface area contributed by atoms with Gasteiger partial charge < -0.3 is 19.3 Å². The molecule has 2 saturated heterocycles. The summed E-state index contributed by atoms with van der Waals surface area (Å²) in [6.07, 6.45) is 6.37. The molecule has 2 aliphatic rings. The Kier molecular flexibility index (Phi) is 9.79. The molecule has 2 fully saturated rings. The van der Waals surface area contributed by atoms with Crippen molar-refractivity contribution in [3.63, 3.8) is 0 Å². The molecular formula is C34H40Cl2N2O3. The van der Waals surface area contributed by atoms with Crippen molar-refractivity contribution < 1.29 is 14.3 Å². The fourth-order valence-corrected chi connectivity index (χ4v) is 7.01. The van der Waals surface area contributed by atoms with Crippen LogP contribution in [0.3, 0.4) is 0 Å². The molecule has 0 aliphatic carbocycles. The molecule has 3 aromatic carbocycles. The SMILES string of the molecule is COc1ccc(C(=O)N2CCCC(CCCN3CCC(c4ccccc4)CC3)(c3ccc(Cl)c(Cl)c3)C2)c(OC)c1. The lowest BCUT2D eigenvalue weighted by molar-refractivity contribution is 0.0615. The number of halogens is 2. The van der Waals surface area contributed by atoms with E-state index in [0.717, 1.165) is 50.9 Å². The third kappa shape index (κ3) is 6.85. The molecule has 1 amide bonds. The summed E-state index contributed by atoms with van der Waals surface area (Å²) in [6, 6.07) is 22.3. The molecule has 218 valence electrons. The van der Waals surface area contributed by atoms with Crippen LogP contribution in [0, 0.1) is 0 Å². The fourth-order valence-electron chi connectivity index (χ4n) is 6.72. The maximum absolute atomic E-state index is 13.8. The zero-order valence-corrected chi connectivity index (χ0v) is 25.6. The van der Waals surface area contributed by atoms with Crippen LogP contribution in [-0.4, -0.2) is 62.7 Å². The van der Waals surface area contributed by atoms with Crippen LogP contribution in [0.15, 0.2) is 66.7 Å². The van der Waals surface area contributed by atoms with Gasteiger partial charge in [0.1, 0.15) is 11.5 Å². The Bertz CT molecular complexity index is 1330. The Hall–Kier alpha value is -2.73. The van der Waals surface area contributed by atoms with Gasteiger partial charge in [-0.1, -0.05) is 59.6 Å². The molecule has 0 N–H and O–H groups in total. The fraction of sp³-hybridized carbons (Fsp3) is 0.441. The van der Waals surface area contributed by atoms with Crippen LogP contribution < -0.4 is 9.47 Å². The average Bonchev–Trinajstić information content (AvgIpc) is 3.02. The number of carbonyl (C=O) groups excluding carboxylic acids is 1. The number of benzene rings is 3. The maximum Gasteiger partial charge on any atom is 0.257 e. The molecule has 2 heterocycles. The second-order valence-electron chi connectivity index (χ2n) is 11.4. The minimum absolute atomic E-state index is 0.0170. The van der Waals surface area contributed by atoms with Gasteiger partial charge in [-0.05, 0) is 99.5 Å². The highest BCUT2D eigenvalue weighted by Gasteiger charge is 2.39. The summed E-state index contributed by atoms with van der Waals surface area (Å²) in [5.74, 6) is 1.83. The van der Waals surface area contributed by atoms with Gasteiger partial charge in [-0.2, -0.15) is 0 Å². The molecule has 5 nitrogen and oxygen atoms in total. The van der Waals surface area contributed by atoms with Gasteiger partial charge in [0.25, 0.3) is 5.91 Å². The second kappa shape index (κ2) is 13.5. The second-order valence-corrected chi connectivity index (χ2v) is 12.3. The number of likely N-dealkylation sites (tertiary alicyclic amines) is 2. The van der Waals surface area contributed by atoms with E-state index in [1.54, 1.807) is 26.4 Å². The summed E-state index contributed by atoms with van der Waals surface area (Å²) in [7, 11) is 3.20. The van der Waals surface area contributed by atoms with E-state index in [2.05, 4.69) is 41.3 Å². The highest BCUT2D eigenvalue weighted by Crippen LogP contribution is 2.41. The molecule has 7 heteroatoms. The van der Waals surface area contributed by atoms with Gasteiger partial charge in [0.2, 0.25) is 0 Å². The van der Waals surface area contributed by atoms with E-state index in [4.69, 9.17) is 32.7 Å². The molecule has 0 saturated carbocycles. The first-order valence-corrected chi connectivity index (χ1v) is 15.4. The summed E-state index contributed by atoms with van der Waals surface area (Å²) < 4.78 is 10.9. The first-order chi connectivity index (χ1) is 19.9. The number of amides is 1. The molecule has 0 radical (unpaired) electrons. The Morgan fingerprint density at radius 2 is 1.71 bits per heavy atom. The van der Waals surface area contributed by atoms with Gasteiger partial charge in [0.15, 0.2) is 0 Å². The third-order valence-electron chi connectivity index (χ3n) is 9.02. The number of ether oxygens (including phenoxy) is 2. The van der Waals surface area contributed by atoms with Crippen molar-refractivity contribution in [1.82, 2.24) is 9.80 Å². The van der Waals surface area contributed by atoms with Crippen molar-refractivity contribution in [2.24, 2.45) is 0 Å². The number of hydrogen-bond donors (Lipinski definition) is 0. The standard InChI is InChI=1S/C34H40Cl2N2O3/c1-40-28-11-12-29(32(23-28)41-2)33(39)38-19-7-17-34(24-38,27-10-13-30(35)31(36)22-27)16-6-18-37-20-14-26(15-21-37)25-8-4-3-5-9-25/h3-5,8-13,22-23,26H,6-7,14-21,24H2,1-2H3. The number of nitrogens with zero attached hydrogens (tertiary/aromatic N) is 2. The molecule has 0 aromatic heterocycles. The first-order valence-electron chi connectivity index (χ1n) is 14.7. The van der Waals surface area contributed by atoms with E-state index in [1.807, 2.05) is 23.1 Å². The Balaban J connectivity index is 1.30. The van der Waals surface area contributed by atoms with Crippen molar-refractivity contribution in [3.05, 3.63) is 93.5 Å². The van der Waals surface area contributed by atoms with Crippen LogP contribution in [0.25, 0.3) is 0 Å². The molecule has 1 unspecified atom stereocenters. The first kappa shape index (κ1) is 29.8. The lowest BCUT2D eigenvalue weighted by atomic mass is 9.71. The third-order valence-corrected chi connectivity index (χ3v) is 9.76. The van der Waals surface area contributed by atoms with E-state index in [0.29, 0.717) is 46.1 Å². The van der Waals surface area contributed by atoms with E-state index in [-0.39, 0.29) is 11.3 Å². The smallest absolute Gasteiger partial charge is 0.257 e. The molecule has 2 aliphatic heterocycles. The normalized spacial score (nSPS) is 20.1. The van der Waals surface area contributed by atoms with Crippen LogP contribution in [0.1, 0.15) is 65.9 Å². The van der Waals surface area contributed by atoms with Crippen molar-refractivity contribution >= 4 is 29.1 Å². The van der Waals surface area contributed by atoms with E-state index in [1.165, 1.54) is 18.4 Å². The number of rotatable bonds is 9. The van der Waals surface area contributed by atoms with Crippen LogP contribution in [-0.2, 0) is 5.41 Å². The predicted octanol–water partition coefficient (Wildman–Crippen LogP) is 7.84. The lowest BCUT2D eigenvalue weighted by Gasteiger charge is -2.44. The monoisotopic (exact) mass is 594 g/mol. The van der Waals surface area contributed by atoms with E-state index in [9.17, 15) is 4.79 Å². The van der Waals surface area contributed by atoms with Crippen molar-refractivity contribution in [1.29, 1.82) is 0 Å². The summed E-state index contributed by atoms with van der Waals surface area (Å²) in [4.78, 5) is 18.4. The van der Waals surface area contributed by atoms with Crippen molar-refractivity contribution in [3.8, 4) is 11.5 Å². The molecular weight excluding hydrogens is 555 g/mol. The molecule has 0 bridgehead atoms. The van der Waals surface area contributed by atoms with Crippen LogP contribution in [0.5, 0.6) is 11.5 Å². The lowest BCUT2D eigenvalue weighted by Crippen LogP contribution is -2.49. The number of piperidine rings is 2. The van der Waals surface area contributed by atoms with Gasteiger partial charge in [0.05, 0.1) is 29.8 Å². The van der Waals surface area contributed by atoms with Crippen molar-refractivity contribution in [2.45, 2.75) is 49.9 Å². The van der Waals surface area contributed by atoms with Gasteiger partial charge in [-0.25, -0.2) is 0 Å². The van der Waals surface area contributed by atoms with Crippen LogP contribution in [0.4, 0.5) is 0 Å². The van der Waals surface area contributed by atoms with E-state index < -0.39 is 0 Å².